The SMILES string of the molecule is Cc1ccc2c(c1)Sc1c(oc3ccc(C)cc13)N2c1cccc2c1OCCC2. The van der Waals surface area contributed by atoms with Crippen LogP contribution in [0.2, 0.25) is 0 Å². The minimum Gasteiger partial charge on any atom is -0.491 e. The van der Waals surface area contributed by atoms with Gasteiger partial charge in [-0.15, -0.1) is 0 Å². The number of aryl methyl sites for hydroxylation is 3. The second kappa shape index (κ2) is 6.33. The predicted octanol–water partition coefficient (Wildman–Crippen LogP) is 7.31. The maximum absolute atomic E-state index is 6.44. The van der Waals surface area contributed by atoms with Gasteiger partial charge in [-0.25, -0.2) is 0 Å². The van der Waals surface area contributed by atoms with Gasteiger partial charge in [0.1, 0.15) is 11.3 Å². The van der Waals surface area contributed by atoms with Gasteiger partial charge in [-0.2, -0.15) is 0 Å². The van der Waals surface area contributed by atoms with E-state index in [1.807, 2.05) is 0 Å². The largest absolute Gasteiger partial charge is 0.491 e. The van der Waals surface area contributed by atoms with Crippen LogP contribution in [0.15, 0.2) is 68.8 Å². The fraction of sp³-hybridized carbons (Fsp3) is 0.200. The van der Waals surface area contributed by atoms with E-state index in [0.717, 1.165) is 48.0 Å². The summed E-state index contributed by atoms with van der Waals surface area (Å²) < 4.78 is 12.6. The van der Waals surface area contributed by atoms with Crippen molar-refractivity contribution in [3.05, 3.63) is 71.3 Å². The highest BCUT2D eigenvalue weighted by atomic mass is 32.2. The maximum atomic E-state index is 6.44. The zero-order valence-corrected chi connectivity index (χ0v) is 17.3. The van der Waals surface area contributed by atoms with Crippen LogP contribution in [0.25, 0.3) is 11.0 Å². The minimum absolute atomic E-state index is 0.763. The number of rotatable bonds is 1. The van der Waals surface area contributed by atoms with Crippen LogP contribution >= 0.6 is 11.8 Å². The predicted molar refractivity (Wildman–Crippen MR) is 118 cm³/mol. The summed E-state index contributed by atoms with van der Waals surface area (Å²) in [4.78, 5) is 4.67. The average Bonchev–Trinajstić information content (AvgIpc) is 3.09. The highest BCUT2D eigenvalue weighted by molar-refractivity contribution is 8.00. The van der Waals surface area contributed by atoms with Gasteiger partial charge >= 0.3 is 0 Å². The van der Waals surface area contributed by atoms with Crippen LogP contribution in [0.4, 0.5) is 17.3 Å². The lowest BCUT2D eigenvalue weighted by Gasteiger charge is -2.32. The molecule has 4 aromatic rings. The Morgan fingerprint density at radius 3 is 2.72 bits per heavy atom. The Kier molecular flexibility index (Phi) is 3.72. The number of benzene rings is 3. The third-order valence-electron chi connectivity index (χ3n) is 5.71. The lowest BCUT2D eigenvalue weighted by Crippen LogP contribution is -2.17. The highest BCUT2D eigenvalue weighted by Gasteiger charge is 2.33. The molecule has 29 heavy (non-hydrogen) atoms. The van der Waals surface area contributed by atoms with E-state index in [1.54, 1.807) is 11.8 Å². The summed E-state index contributed by atoms with van der Waals surface area (Å²) in [6, 6.07) is 19.5. The van der Waals surface area contributed by atoms with Crippen molar-refractivity contribution in [2.75, 3.05) is 11.5 Å². The summed E-state index contributed by atoms with van der Waals surface area (Å²) >= 11 is 1.80. The number of hydrogen-bond acceptors (Lipinski definition) is 4. The smallest absolute Gasteiger partial charge is 0.220 e. The molecule has 3 nitrogen and oxygen atoms in total. The lowest BCUT2D eigenvalue weighted by atomic mass is 10.0. The molecule has 0 amide bonds. The van der Waals surface area contributed by atoms with E-state index in [1.165, 1.54) is 31.9 Å². The summed E-state index contributed by atoms with van der Waals surface area (Å²) in [6.07, 6.45) is 2.12. The van der Waals surface area contributed by atoms with Gasteiger partial charge in [0.2, 0.25) is 5.88 Å². The molecule has 2 aliphatic rings. The molecule has 3 aromatic carbocycles. The first-order valence-corrected chi connectivity index (χ1v) is 10.9. The molecule has 0 radical (unpaired) electrons. The van der Waals surface area contributed by atoms with Crippen molar-refractivity contribution in [2.45, 2.75) is 36.5 Å². The quantitative estimate of drug-likeness (QED) is 0.295. The van der Waals surface area contributed by atoms with Gasteiger partial charge in [-0.3, -0.25) is 4.90 Å². The number of hydrogen-bond donors (Lipinski definition) is 0. The summed E-state index contributed by atoms with van der Waals surface area (Å²) in [6.45, 7) is 5.04. The lowest BCUT2D eigenvalue weighted by molar-refractivity contribution is 0.289. The second-order valence-electron chi connectivity index (χ2n) is 7.86. The monoisotopic (exact) mass is 399 g/mol. The van der Waals surface area contributed by atoms with Crippen molar-refractivity contribution >= 4 is 40.0 Å². The van der Waals surface area contributed by atoms with E-state index < -0.39 is 0 Å². The normalized spacial score (nSPS) is 14.9. The van der Waals surface area contributed by atoms with Gasteiger partial charge in [-0.05, 0) is 68.1 Å². The second-order valence-corrected chi connectivity index (χ2v) is 8.91. The molecule has 0 atom stereocenters. The molecule has 0 aliphatic carbocycles. The van der Waals surface area contributed by atoms with Crippen LogP contribution in [-0.4, -0.2) is 6.61 Å². The van der Waals surface area contributed by atoms with Crippen molar-refractivity contribution < 1.29 is 9.15 Å². The fourth-order valence-corrected chi connectivity index (χ4v) is 5.53. The zero-order chi connectivity index (χ0) is 19.5. The zero-order valence-electron chi connectivity index (χ0n) is 16.5. The number of anilines is 3. The number of fused-ring (bicyclic) bond motifs is 5. The van der Waals surface area contributed by atoms with Gasteiger partial charge in [0.15, 0.2) is 0 Å². The van der Waals surface area contributed by atoms with Crippen LogP contribution in [0, 0.1) is 13.8 Å². The Hall–Kier alpha value is -2.85. The number of ether oxygens (including phenoxy) is 1. The molecule has 0 spiro atoms. The molecule has 6 rings (SSSR count). The average molecular weight is 400 g/mol. The Morgan fingerprint density at radius 1 is 0.931 bits per heavy atom. The minimum atomic E-state index is 0.763. The van der Waals surface area contributed by atoms with Crippen molar-refractivity contribution in [3.63, 3.8) is 0 Å². The van der Waals surface area contributed by atoms with Crippen molar-refractivity contribution in [3.8, 4) is 5.75 Å². The Labute approximate surface area is 174 Å². The molecule has 2 aliphatic heterocycles. The Bertz CT molecular complexity index is 1270. The van der Waals surface area contributed by atoms with Crippen molar-refractivity contribution in [1.82, 2.24) is 0 Å². The van der Waals surface area contributed by atoms with E-state index >= 15 is 0 Å². The molecule has 0 bridgehead atoms. The number of furan rings is 1. The number of nitrogens with zero attached hydrogens (tertiary/aromatic N) is 1. The molecule has 3 heterocycles. The molecule has 0 unspecified atom stereocenters. The molecular weight excluding hydrogens is 378 g/mol. The fourth-order valence-electron chi connectivity index (χ4n) is 4.32. The maximum Gasteiger partial charge on any atom is 0.220 e. The van der Waals surface area contributed by atoms with Gasteiger partial charge in [0.05, 0.1) is 22.9 Å². The van der Waals surface area contributed by atoms with E-state index in [9.17, 15) is 0 Å². The molecule has 0 saturated carbocycles. The third-order valence-corrected chi connectivity index (χ3v) is 6.85. The van der Waals surface area contributed by atoms with Crippen LogP contribution in [0.3, 0.4) is 0 Å². The highest BCUT2D eigenvalue weighted by Crippen LogP contribution is 2.57. The topological polar surface area (TPSA) is 25.6 Å². The van der Waals surface area contributed by atoms with Crippen LogP contribution in [0.1, 0.15) is 23.1 Å². The first kappa shape index (κ1) is 17.0. The van der Waals surface area contributed by atoms with Crippen molar-refractivity contribution in [2.24, 2.45) is 0 Å². The summed E-state index contributed by atoms with van der Waals surface area (Å²) in [5.74, 6) is 1.87. The van der Waals surface area contributed by atoms with Gasteiger partial charge in [0, 0.05) is 10.3 Å². The van der Waals surface area contributed by atoms with Crippen LogP contribution in [0.5, 0.6) is 5.75 Å². The molecule has 0 saturated heterocycles. The van der Waals surface area contributed by atoms with E-state index in [4.69, 9.17) is 9.15 Å². The summed E-state index contributed by atoms with van der Waals surface area (Å²) in [5.41, 5.74) is 6.90. The van der Waals surface area contributed by atoms with Gasteiger partial charge < -0.3 is 9.15 Å². The van der Waals surface area contributed by atoms with E-state index in [0.29, 0.717) is 0 Å². The molecule has 0 N–H and O–H groups in total. The molecule has 4 heteroatoms. The number of para-hydroxylation sites is 1. The molecule has 0 fully saturated rings. The summed E-state index contributed by atoms with van der Waals surface area (Å²) in [5, 5.41) is 1.17. The van der Waals surface area contributed by atoms with Crippen molar-refractivity contribution in [1.29, 1.82) is 0 Å². The third kappa shape index (κ3) is 2.59. The van der Waals surface area contributed by atoms with Crippen LogP contribution in [-0.2, 0) is 6.42 Å². The van der Waals surface area contributed by atoms with Gasteiger partial charge in [-0.1, -0.05) is 41.6 Å². The Morgan fingerprint density at radius 2 is 1.79 bits per heavy atom. The first-order valence-electron chi connectivity index (χ1n) is 10.1. The standard InChI is InChI=1S/C25H21NO2S/c1-15-9-11-21-18(13-15)24-25(28-21)26(19-10-8-16(2)14-22(19)29-24)20-7-3-5-17-6-4-12-27-23(17)20/h3,5,7-11,13-14H,4,6,12H2,1-2H3. The molecule has 1 aromatic heterocycles. The summed E-state index contributed by atoms with van der Waals surface area (Å²) in [7, 11) is 0. The molecular formula is C25H21NO2S. The van der Waals surface area contributed by atoms with Gasteiger partial charge in [0.25, 0.3) is 0 Å². The van der Waals surface area contributed by atoms with E-state index in [2.05, 4.69) is 73.3 Å². The van der Waals surface area contributed by atoms with E-state index in [-0.39, 0.29) is 0 Å². The Balaban J connectivity index is 1.66. The molecule has 144 valence electrons. The van der Waals surface area contributed by atoms with Crippen LogP contribution < -0.4 is 9.64 Å². The first-order chi connectivity index (χ1) is 14.2.